The van der Waals surface area contributed by atoms with Gasteiger partial charge in [-0.2, -0.15) is 4.98 Å². The van der Waals surface area contributed by atoms with Gasteiger partial charge < -0.3 is 19.2 Å². The van der Waals surface area contributed by atoms with Crippen molar-refractivity contribution in [2.45, 2.75) is 38.6 Å². The van der Waals surface area contributed by atoms with E-state index in [0.717, 1.165) is 0 Å². The molecule has 3 heterocycles. The molecule has 1 aliphatic rings. The van der Waals surface area contributed by atoms with Gasteiger partial charge in [0.15, 0.2) is 5.76 Å². The fraction of sp³-hybridized carbons (Fsp3) is 0.391. The van der Waals surface area contributed by atoms with Crippen LogP contribution in [0.1, 0.15) is 49.1 Å². The molecule has 168 valence electrons. The number of furan rings is 1. The van der Waals surface area contributed by atoms with Gasteiger partial charge in [-0.15, -0.1) is 0 Å². The normalized spacial score (nSPS) is 15.7. The predicted molar refractivity (Wildman–Crippen MR) is 113 cm³/mol. The van der Waals surface area contributed by atoms with Gasteiger partial charge in [-0.25, -0.2) is 4.39 Å². The third kappa shape index (κ3) is 4.71. The van der Waals surface area contributed by atoms with Crippen LogP contribution in [0.15, 0.2) is 51.6 Å². The van der Waals surface area contributed by atoms with Crippen molar-refractivity contribution in [3.63, 3.8) is 0 Å². The van der Waals surface area contributed by atoms with Crippen molar-refractivity contribution < 1.29 is 22.9 Å². The molecule has 2 amide bonds. The van der Waals surface area contributed by atoms with Crippen molar-refractivity contribution in [1.82, 2.24) is 20.4 Å². The zero-order valence-corrected chi connectivity index (χ0v) is 18.0. The Morgan fingerprint density at radius 1 is 1.16 bits per heavy atom. The summed E-state index contributed by atoms with van der Waals surface area (Å²) >= 11 is 0. The molecule has 1 aliphatic heterocycles. The summed E-state index contributed by atoms with van der Waals surface area (Å²) in [6.45, 7) is 4.84. The molecule has 1 saturated heterocycles. The van der Waals surface area contributed by atoms with Crippen LogP contribution >= 0.6 is 0 Å². The van der Waals surface area contributed by atoms with E-state index in [2.05, 4.69) is 15.5 Å². The molecule has 0 unspecified atom stereocenters. The lowest BCUT2D eigenvalue weighted by Gasteiger charge is -2.34. The molecular weight excluding hydrogens is 415 g/mol. The fourth-order valence-corrected chi connectivity index (χ4v) is 3.79. The maximum Gasteiger partial charge on any atom is 0.287 e. The van der Waals surface area contributed by atoms with E-state index in [1.54, 1.807) is 29.2 Å². The number of rotatable bonds is 6. The summed E-state index contributed by atoms with van der Waals surface area (Å²) in [4.78, 5) is 31.7. The van der Waals surface area contributed by atoms with Crippen LogP contribution in [-0.4, -0.2) is 46.0 Å². The molecule has 0 bridgehead atoms. The number of hydrogen-bond acceptors (Lipinski definition) is 6. The highest BCUT2D eigenvalue weighted by Crippen LogP contribution is 2.29. The van der Waals surface area contributed by atoms with Gasteiger partial charge in [0.2, 0.25) is 17.6 Å². The van der Waals surface area contributed by atoms with Crippen LogP contribution in [0.2, 0.25) is 0 Å². The van der Waals surface area contributed by atoms with Crippen molar-refractivity contribution in [1.29, 1.82) is 0 Å². The van der Waals surface area contributed by atoms with Gasteiger partial charge in [-0.1, -0.05) is 19.0 Å². The largest absolute Gasteiger partial charge is 0.459 e. The molecule has 9 heteroatoms. The zero-order valence-electron chi connectivity index (χ0n) is 18.0. The highest BCUT2D eigenvalue weighted by Gasteiger charge is 2.33. The third-order valence-electron chi connectivity index (χ3n) is 5.66. The molecule has 8 nitrogen and oxygen atoms in total. The number of carbonyl (C=O) groups is 2. The lowest BCUT2D eigenvalue weighted by Crippen LogP contribution is -2.52. The lowest BCUT2D eigenvalue weighted by molar-refractivity contribution is -0.135. The molecule has 4 rings (SSSR count). The first kappa shape index (κ1) is 21.7. The summed E-state index contributed by atoms with van der Waals surface area (Å²) in [5.41, 5.74) is 0.682. The molecule has 0 aliphatic carbocycles. The van der Waals surface area contributed by atoms with Crippen LogP contribution in [0.3, 0.4) is 0 Å². The molecule has 3 aromatic rings. The Morgan fingerprint density at radius 3 is 2.50 bits per heavy atom. The van der Waals surface area contributed by atoms with Crippen LogP contribution < -0.4 is 5.32 Å². The Balaban J connectivity index is 1.36. The predicted octanol–water partition coefficient (Wildman–Crippen LogP) is 3.63. The average Bonchev–Trinajstić information content (AvgIpc) is 3.50. The van der Waals surface area contributed by atoms with E-state index in [0.29, 0.717) is 43.2 Å². The van der Waals surface area contributed by atoms with Gasteiger partial charge in [-0.05, 0) is 55.2 Å². The van der Waals surface area contributed by atoms with Gasteiger partial charge in [0.05, 0.1) is 6.26 Å². The van der Waals surface area contributed by atoms with Crippen LogP contribution in [-0.2, 0) is 4.79 Å². The topological polar surface area (TPSA) is 101 Å². The molecule has 1 aromatic carbocycles. The SMILES string of the molecule is CC(C)[C@@H](NC(=O)c1ccco1)C(=O)N1CCC(c2nc(-c3ccc(F)cc3)no2)CC1. The van der Waals surface area contributed by atoms with E-state index in [4.69, 9.17) is 8.94 Å². The Hall–Kier alpha value is -3.49. The summed E-state index contributed by atoms with van der Waals surface area (Å²) in [6, 6.07) is 8.47. The summed E-state index contributed by atoms with van der Waals surface area (Å²) in [5, 5.41) is 6.80. The van der Waals surface area contributed by atoms with Gasteiger partial charge in [0, 0.05) is 24.6 Å². The van der Waals surface area contributed by atoms with Gasteiger partial charge in [-0.3, -0.25) is 9.59 Å². The molecule has 0 spiro atoms. The summed E-state index contributed by atoms with van der Waals surface area (Å²) in [5.74, 6) is 0.225. The molecule has 1 fully saturated rings. The van der Waals surface area contributed by atoms with E-state index in [1.165, 1.54) is 18.4 Å². The maximum atomic E-state index is 13.1. The molecule has 1 N–H and O–H groups in total. The minimum absolute atomic E-state index is 0.0379. The van der Waals surface area contributed by atoms with Crippen LogP contribution in [0.5, 0.6) is 0 Å². The quantitative estimate of drug-likeness (QED) is 0.628. The Kier molecular flexibility index (Phi) is 6.34. The van der Waals surface area contributed by atoms with Crippen molar-refractivity contribution in [3.8, 4) is 11.4 Å². The van der Waals surface area contributed by atoms with Crippen molar-refractivity contribution in [3.05, 3.63) is 60.1 Å². The number of hydrogen-bond donors (Lipinski definition) is 1. The smallest absolute Gasteiger partial charge is 0.287 e. The molecule has 2 aromatic heterocycles. The molecule has 32 heavy (non-hydrogen) atoms. The number of carbonyl (C=O) groups excluding carboxylic acids is 2. The van der Waals surface area contributed by atoms with E-state index in [1.807, 2.05) is 13.8 Å². The first-order valence-electron chi connectivity index (χ1n) is 10.6. The van der Waals surface area contributed by atoms with Gasteiger partial charge in [0.25, 0.3) is 5.91 Å². The maximum absolute atomic E-state index is 13.1. The number of aromatic nitrogens is 2. The van der Waals surface area contributed by atoms with Crippen LogP contribution in [0.4, 0.5) is 4.39 Å². The first-order valence-corrected chi connectivity index (χ1v) is 10.6. The second kappa shape index (κ2) is 9.33. The monoisotopic (exact) mass is 440 g/mol. The molecular formula is C23H25FN4O4. The van der Waals surface area contributed by atoms with Crippen molar-refractivity contribution >= 4 is 11.8 Å². The van der Waals surface area contributed by atoms with E-state index in [9.17, 15) is 14.0 Å². The minimum Gasteiger partial charge on any atom is -0.459 e. The number of likely N-dealkylation sites (tertiary alicyclic amines) is 1. The number of benzene rings is 1. The van der Waals surface area contributed by atoms with Crippen LogP contribution in [0, 0.1) is 11.7 Å². The molecule has 0 saturated carbocycles. The highest BCUT2D eigenvalue weighted by atomic mass is 19.1. The van der Waals surface area contributed by atoms with Crippen LogP contribution in [0.25, 0.3) is 11.4 Å². The fourth-order valence-electron chi connectivity index (χ4n) is 3.79. The third-order valence-corrected chi connectivity index (χ3v) is 5.66. The second-order valence-electron chi connectivity index (χ2n) is 8.24. The number of piperidine rings is 1. The number of nitrogens with zero attached hydrogens (tertiary/aromatic N) is 3. The van der Waals surface area contributed by atoms with Gasteiger partial charge >= 0.3 is 0 Å². The average molecular weight is 440 g/mol. The van der Waals surface area contributed by atoms with Crippen molar-refractivity contribution in [2.24, 2.45) is 5.92 Å². The lowest BCUT2D eigenvalue weighted by atomic mass is 9.95. The first-order chi connectivity index (χ1) is 15.4. The Bertz CT molecular complexity index is 1050. The van der Waals surface area contributed by atoms with Gasteiger partial charge in [0.1, 0.15) is 11.9 Å². The van der Waals surface area contributed by atoms with E-state index < -0.39 is 11.9 Å². The number of halogens is 1. The minimum atomic E-state index is -0.641. The second-order valence-corrected chi connectivity index (χ2v) is 8.24. The Morgan fingerprint density at radius 2 is 1.88 bits per heavy atom. The van der Waals surface area contributed by atoms with Crippen molar-refractivity contribution in [2.75, 3.05) is 13.1 Å². The number of amides is 2. The molecule has 1 atom stereocenters. The highest BCUT2D eigenvalue weighted by molar-refractivity contribution is 5.95. The summed E-state index contributed by atoms with van der Waals surface area (Å²) in [6.07, 6.45) is 2.77. The number of nitrogens with one attached hydrogen (secondary N) is 1. The standard InChI is InChI=1S/C23H25FN4O4/c1-14(2)19(25-21(29)18-4-3-13-31-18)23(30)28-11-9-16(10-12-28)22-26-20(27-32-22)15-5-7-17(24)8-6-15/h3-8,13-14,16,19H,9-12H2,1-2H3,(H,25,29)/t19-/m1/s1. The summed E-state index contributed by atoms with van der Waals surface area (Å²) in [7, 11) is 0. The zero-order chi connectivity index (χ0) is 22.7. The summed E-state index contributed by atoms with van der Waals surface area (Å²) < 4.78 is 23.7. The Labute approximate surface area is 184 Å². The van der Waals surface area contributed by atoms with E-state index >= 15 is 0 Å². The van der Waals surface area contributed by atoms with E-state index in [-0.39, 0.29) is 29.3 Å². The molecule has 0 radical (unpaired) electrons.